The number of benzene rings is 2. The Morgan fingerprint density at radius 1 is 0.952 bits per heavy atom. The molecule has 1 nitrogen and oxygen atoms in total. The van der Waals surface area contributed by atoms with E-state index < -0.39 is 0 Å². The van der Waals surface area contributed by atoms with Crippen LogP contribution in [0.3, 0.4) is 0 Å². The standard InChI is InChI=1S/C19H24IN/c1-5-10-21-19(16-6-8-17(20)9-7-16)18-12-14(3)13(2)11-15(18)4/h6-9,11-12,19,21H,5,10H2,1-4H3. The molecule has 1 unspecified atom stereocenters. The van der Waals surface area contributed by atoms with Gasteiger partial charge in [-0.3, -0.25) is 0 Å². The molecule has 0 saturated heterocycles. The summed E-state index contributed by atoms with van der Waals surface area (Å²) in [5.74, 6) is 0. The highest BCUT2D eigenvalue weighted by Gasteiger charge is 2.16. The summed E-state index contributed by atoms with van der Waals surface area (Å²) in [7, 11) is 0. The van der Waals surface area contributed by atoms with Crippen molar-refractivity contribution in [1.29, 1.82) is 0 Å². The first kappa shape index (κ1) is 16.5. The smallest absolute Gasteiger partial charge is 0.0579 e. The molecule has 0 aliphatic rings. The van der Waals surface area contributed by atoms with E-state index in [0.717, 1.165) is 13.0 Å². The fourth-order valence-electron chi connectivity index (χ4n) is 2.65. The SMILES string of the molecule is CCCNC(c1ccc(I)cc1)c1cc(C)c(C)cc1C. The van der Waals surface area contributed by atoms with Crippen LogP contribution in [0.25, 0.3) is 0 Å². The lowest BCUT2D eigenvalue weighted by Gasteiger charge is -2.23. The molecular weight excluding hydrogens is 369 g/mol. The first-order chi connectivity index (χ1) is 10.0. The predicted molar refractivity (Wildman–Crippen MR) is 99.9 cm³/mol. The zero-order chi connectivity index (χ0) is 15.4. The van der Waals surface area contributed by atoms with Gasteiger partial charge in [-0.25, -0.2) is 0 Å². The van der Waals surface area contributed by atoms with E-state index in [1.165, 1.54) is 31.4 Å². The molecule has 0 aliphatic heterocycles. The quantitative estimate of drug-likeness (QED) is 0.680. The number of aryl methyl sites for hydroxylation is 3. The van der Waals surface area contributed by atoms with Crippen LogP contribution in [0.5, 0.6) is 0 Å². The van der Waals surface area contributed by atoms with Gasteiger partial charge in [0.15, 0.2) is 0 Å². The lowest BCUT2D eigenvalue weighted by atomic mass is 9.91. The van der Waals surface area contributed by atoms with E-state index in [2.05, 4.69) is 92.0 Å². The third-order valence-corrected chi connectivity index (χ3v) is 4.71. The number of nitrogens with one attached hydrogen (secondary N) is 1. The highest BCUT2D eigenvalue weighted by atomic mass is 127. The van der Waals surface area contributed by atoms with Crippen molar-refractivity contribution in [1.82, 2.24) is 5.32 Å². The van der Waals surface area contributed by atoms with Gasteiger partial charge in [0.1, 0.15) is 0 Å². The second-order valence-corrected chi connectivity index (χ2v) is 6.98. The van der Waals surface area contributed by atoms with Crippen molar-refractivity contribution in [2.24, 2.45) is 0 Å². The zero-order valence-electron chi connectivity index (χ0n) is 13.3. The second kappa shape index (κ2) is 7.41. The van der Waals surface area contributed by atoms with Crippen molar-refractivity contribution < 1.29 is 0 Å². The van der Waals surface area contributed by atoms with Crippen LogP contribution >= 0.6 is 22.6 Å². The number of hydrogen-bond donors (Lipinski definition) is 1. The zero-order valence-corrected chi connectivity index (χ0v) is 15.5. The minimum atomic E-state index is 0.279. The fraction of sp³-hybridized carbons (Fsp3) is 0.368. The van der Waals surface area contributed by atoms with Gasteiger partial charge in [0, 0.05) is 3.57 Å². The van der Waals surface area contributed by atoms with Crippen molar-refractivity contribution in [2.45, 2.75) is 40.2 Å². The van der Waals surface area contributed by atoms with Crippen molar-refractivity contribution in [2.75, 3.05) is 6.54 Å². The third kappa shape index (κ3) is 4.07. The minimum Gasteiger partial charge on any atom is -0.306 e. The summed E-state index contributed by atoms with van der Waals surface area (Å²) >= 11 is 2.36. The Morgan fingerprint density at radius 2 is 1.57 bits per heavy atom. The molecule has 1 atom stereocenters. The van der Waals surface area contributed by atoms with Gasteiger partial charge in [-0.1, -0.05) is 31.2 Å². The van der Waals surface area contributed by atoms with Crippen LogP contribution < -0.4 is 5.32 Å². The molecule has 1 N–H and O–H groups in total. The van der Waals surface area contributed by atoms with Crippen molar-refractivity contribution in [3.8, 4) is 0 Å². The molecule has 0 radical (unpaired) electrons. The summed E-state index contributed by atoms with van der Waals surface area (Å²) in [6.45, 7) is 9.85. The van der Waals surface area contributed by atoms with Gasteiger partial charge in [0.2, 0.25) is 0 Å². The van der Waals surface area contributed by atoms with Gasteiger partial charge in [-0.15, -0.1) is 0 Å². The Balaban J connectivity index is 2.45. The van der Waals surface area contributed by atoms with E-state index in [1.807, 2.05) is 0 Å². The van der Waals surface area contributed by atoms with E-state index in [-0.39, 0.29) is 6.04 Å². The van der Waals surface area contributed by atoms with E-state index in [0.29, 0.717) is 0 Å². The average Bonchev–Trinajstić information content (AvgIpc) is 2.46. The van der Waals surface area contributed by atoms with Gasteiger partial charge in [-0.2, -0.15) is 0 Å². The number of rotatable bonds is 5. The molecule has 0 amide bonds. The topological polar surface area (TPSA) is 12.0 Å². The van der Waals surface area contributed by atoms with Gasteiger partial charge >= 0.3 is 0 Å². The molecule has 2 heteroatoms. The Kier molecular flexibility index (Phi) is 5.82. The van der Waals surface area contributed by atoms with Crippen LogP contribution in [-0.4, -0.2) is 6.54 Å². The molecule has 112 valence electrons. The molecule has 0 aromatic heterocycles. The van der Waals surface area contributed by atoms with Crippen molar-refractivity contribution in [3.05, 3.63) is 67.8 Å². The first-order valence-corrected chi connectivity index (χ1v) is 8.67. The Morgan fingerprint density at radius 3 is 2.19 bits per heavy atom. The summed E-state index contributed by atoms with van der Waals surface area (Å²) < 4.78 is 1.28. The van der Waals surface area contributed by atoms with Gasteiger partial charge in [0.05, 0.1) is 6.04 Å². The lowest BCUT2D eigenvalue weighted by molar-refractivity contribution is 0.596. The molecule has 2 aromatic rings. The molecule has 0 saturated carbocycles. The van der Waals surface area contributed by atoms with Gasteiger partial charge < -0.3 is 5.32 Å². The van der Waals surface area contributed by atoms with Crippen LogP contribution in [0.2, 0.25) is 0 Å². The first-order valence-electron chi connectivity index (χ1n) is 7.59. The van der Waals surface area contributed by atoms with Crippen molar-refractivity contribution in [3.63, 3.8) is 0 Å². The van der Waals surface area contributed by atoms with Crippen LogP contribution in [0.15, 0.2) is 36.4 Å². The summed E-state index contributed by atoms with van der Waals surface area (Å²) in [5.41, 5.74) is 6.84. The van der Waals surface area contributed by atoms with E-state index in [9.17, 15) is 0 Å². The Bertz CT molecular complexity index is 602. The molecular formula is C19H24IN. The lowest BCUT2D eigenvalue weighted by Crippen LogP contribution is -2.24. The average molecular weight is 393 g/mol. The van der Waals surface area contributed by atoms with Crippen LogP contribution in [0, 0.1) is 24.3 Å². The summed E-state index contributed by atoms with van der Waals surface area (Å²) in [4.78, 5) is 0. The Hall–Kier alpha value is -0.870. The molecule has 0 bridgehead atoms. The monoisotopic (exact) mass is 393 g/mol. The molecule has 0 aliphatic carbocycles. The predicted octanol–water partition coefficient (Wildman–Crippen LogP) is 5.31. The molecule has 0 spiro atoms. The number of hydrogen-bond acceptors (Lipinski definition) is 1. The van der Waals surface area contributed by atoms with E-state index in [1.54, 1.807) is 0 Å². The van der Waals surface area contributed by atoms with E-state index >= 15 is 0 Å². The molecule has 0 heterocycles. The summed E-state index contributed by atoms with van der Waals surface area (Å²) in [6, 6.07) is 13.8. The third-order valence-electron chi connectivity index (χ3n) is 4.00. The van der Waals surface area contributed by atoms with Crippen LogP contribution in [0.1, 0.15) is 47.2 Å². The summed E-state index contributed by atoms with van der Waals surface area (Å²) in [6.07, 6.45) is 1.14. The normalized spacial score (nSPS) is 12.4. The maximum atomic E-state index is 3.71. The van der Waals surface area contributed by atoms with Crippen LogP contribution in [-0.2, 0) is 0 Å². The van der Waals surface area contributed by atoms with Gasteiger partial charge in [0.25, 0.3) is 0 Å². The van der Waals surface area contributed by atoms with E-state index in [4.69, 9.17) is 0 Å². The molecule has 2 rings (SSSR count). The highest BCUT2D eigenvalue weighted by Crippen LogP contribution is 2.27. The number of halogens is 1. The van der Waals surface area contributed by atoms with Crippen molar-refractivity contribution >= 4 is 22.6 Å². The fourth-order valence-corrected chi connectivity index (χ4v) is 3.00. The second-order valence-electron chi connectivity index (χ2n) is 5.73. The largest absolute Gasteiger partial charge is 0.306 e. The summed E-state index contributed by atoms with van der Waals surface area (Å²) in [5, 5.41) is 3.71. The van der Waals surface area contributed by atoms with Crippen LogP contribution in [0.4, 0.5) is 0 Å². The molecule has 21 heavy (non-hydrogen) atoms. The molecule has 0 fully saturated rings. The minimum absolute atomic E-state index is 0.279. The van der Waals surface area contributed by atoms with Gasteiger partial charge in [-0.05, 0) is 96.3 Å². The molecule has 2 aromatic carbocycles. The highest BCUT2D eigenvalue weighted by molar-refractivity contribution is 14.1. The Labute approximate surface area is 142 Å². The maximum Gasteiger partial charge on any atom is 0.0579 e. The maximum absolute atomic E-state index is 3.71.